The van der Waals surface area contributed by atoms with Crippen molar-refractivity contribution in [1.29, 1.82) is 0 Å². The number of imidazole rings is 1. The molecule has 0 aliphatic rings. The van der Waals surface area contributed by atoms with Gasteiger partial charge < -0.3 is 9.88 Å². The van der Waals surface area contributed by atoms with Gasteiger partial charge >= 0.3 is 0 Å². The molecule has 0 radical (unpaired) electrons. The van der Waals surface area contributed by atoms with Gasteiger partial charge in [0, 0.05) is 43.7 Å². The van der Waals surface area contributed by atoms with Crippen molar-refractivity contribution >= 4 is 17.5 Å². The highest BCUT2D eigenvalue weighted by molar-refractivity contribution is 6.18. The summed E-state index contributed by atoms with van der Waals surface area (Å²) in [5.74, 6) is 1.81. The lowest BCUT2D eigenvalue weighted by molar-refractivity contribution is -0.120. The average Bonchev–Trinajstić information content (AvgIpc) is 2.66. The molecule has 90 valence electrons. The van der Waals surface area contributed by atoms with E-state index in [0.717, 1.165) is 12.4 Å². The highest BCUT2D eigenvalue weighted by Gasteiger charge is 2.06. The van der Waals surface area contributed by atoms with Crippen LogP contribution in [0, 0.1) is 0 Å². The number of nitrogens with one attached hydrogen (secondary N) is 1. The van der Waals surface area contributed by atoms with E-state index in [1.807, 2.05) is 6.20 Å². The first kappa shape index (κ1) is 13.0. The Balaban J connectivity index is 2.37. The van der Waals surface area contributed by atoms with Crippen LogP contribution in [0.25, 0.3) is 0 Å². The number of nitrogens with zero attached hydrogens (tertiary/aromatic N) is 2. The van der Waals surface area contributed by atoms with Crippen molar-refractivity contribution in [3.8, 4) is 0 Å². The highest BCUT2D eigenvalue weighted by Crippen LogP contribution is 2.10. The first-order valence-electron chi connectivity index (χ1n) is 5.49. The fraction of sp³-hybridized carbons (Fsp3) is 0.636. The predicted octanol–water partition coefficient (Wildman–Crippen LogP) is 1.75. The summed E-state index contributed by atoms with van der Waals surface area (Å²) in [6, 6.07) is 0. The number of carbonyl (C=O) groups is 1. The first-order chi connectivity index (χ1) is 7.65. The molecule has 0 atom stereocenters. The van der Waals surface area contributed by atoms with Crippen LogP contribution < -0.4 is 5.32 Å². The molecule has 0 saturated heterocycles. The Morgan fingerprint density at radius 2 is 2.38 bits per heavy atom. The molecule has 0 fully saturated rings. The molecule has 4 nitrogen and oxygen atoms in total. The molecule has 1 aromatic heterocycles. The van der Waals surface area contributed by atoms with Gasteiger partial charge in [-0.1, -0.05) is 13.8 Å². The largest absolute Gasteiger partial charge is 0.354 e. The van der Waals surface area contributed by atoms with Gasteiger partial charge in [-0.25, -0.2) is 4.98 Å². The second kappa shape index (κ2) is 6.53. The van der Waals surface area contributed by atoms with Crippen molar-refractivity contribution in [2.45, 2.75) is 32.7 Å². The van der Waals surface area contributed by atoms with Crippen molar-refractivity contribution in [3.63, 3.8) is 0 Å². The van der Waals surface area contributed by atoms with Crippen LogP contribution >= 0.6 is 11.6 Å². The van der Waals surface area contributed by atoms with Gasteiger partial charge in [0.05, 0.1) is 0 Å². The molecule has 1 heterocycles. The minimum absolute atomic E-state index is 0.00112. The molecule has 5 heteroatoms. The standard InChI is InChI=1S/C11H18ClN3O/c1-9(2)11-14-6-8-15(11)7-5-13-10(16)3-4-12/h6,8-9H,3-5,7H2,1-2H3,(H,13,16). The molecule has 0 aliphatic carbocycles. The van der Waals surface area contributed by atoms with Crippen LogP contribution in [0.1, 0.15) is 32.0 Å². The molecular weight excluding hydrogens is 226 g/mol. The van der Waals surface area contributed by atoms with E-state index in [4.69, 9.17) is 11.6 Å². The zero-order chi connectivity index (χ0) is 12.0. The highest BCUT2D eigenvalue weighted by atomic mass is 35.5. The Morgan fingerprint density at radius 3 is 3.00 bits per heavy atom. The van der Waals surface area contributed by atoms with E-state index in [0.29, 0.717) is 24.8 Å². The normalized spacial score (nSPS) is 10.8. The van der Waals surface area contributed by atoms with Crippen molar-refractivity contribution < 1.29 is 4.79 Å². The van der Waals surface area contributed by atoms with Gasteiger partial charge in [-0.3, -0.25) is 4.79 Å². The minimum Gasteiger partial charge on any atom is -0.354 e. The van der Waals surface area contributed by atoms with Gasteiger partial charge in [0.1, 0.15) is 5.82 Å². The zero-order valence-corrected chi connectivity index (χ0v) is 10.5. The van der Waals surface area contributed by atoms with E-state index < -0.39 is 0 Å². The number of hydrogen-bond donors (Lipinski definition) is 1. The molecule has 0 bridgehead atoms. The number of hydrogen-bond acceptors (Lipinski definition) is 2. The Morgan fingerprint density at radius 1 is 1.62 bits per heavy atom. The lowest BCUT2D eigenvalue weighted by Gasteiger charge is -2.10. The summed E-state index contributed by atoms with van der Waals surface area (Å²) in [5.41, 5.74) is 0. The quantitative estimate of drug-likeness (QED) is 0.774. The third-order valence-corrected chi connectivity index (χ3v) is 2.45. The number of alkyl halides is 1. The van der Waals surface area contributed by atoms with Gasteiger partial charge in [-0.15, -0.1) is 11.6 Å². The molecule has 0 spiro atoms. The van der Waals surface area contributed by atoms with Crippen LogP contribution in [0.15, 0.2) is 12.4 Å². The van der Waals surface area contributed by atoms with Crippen LogP contribution in [0.5, 0.6) is 0 Å². The molecule has 1 N–H and O–H groups in total. The Labute approximate surface area is 101 Å². The van der Waals surface area contributed by atoms with E-state index >= 15 is 0 Å². The lowest BCUT2D eigenvalue weighted by atomic mass is 10.2. The van der Waals surface area contributed by atoms with Gasteiger partial charge in [0.2, 0.25) is 5.91 Å². The molecular formula is C11H18ClN3O. The van der Waals surface area contributed by atoms with Crippen LogP contribution in [-0.4, -0.2) is 27.9 Å². The van der Waals surface area contributed by atoms with E-state index in [9.17, 15) is 4.79 Å². The van der Waals surface area contributed by atoms with E-state index in [1.54, 1.807) is 6.20 Å². The van der Waals surface area contributed by atoms with Crippen LogP contribution in [-0.2, 0) is 11.3 Å². The summed E-state index contributed by atoms with van der Waals surface area (Å²) in [6.07, 6.45) is 4.10. The van der Waals surface area contributed by atoms with Crippen LogP contribution in [0.4, 0.5) is 0 Å². The van der Waals surface area contributed by atoms with E-state index in [1.165, 1.54) is 0 Å². The molecule has 0 saturated carbocycles. The maximum Gasteiger partial charge on any atom is 0.221 e. The fourth-order valence-corrected chi connectivity index (χ4v) is 1.67. The van der Waals surface area contributed by atoms with Crippen LogP contribution in [0.2, 0.25) is 0 Å². The maximum atomic E-state index is 11.2. The van der Waals surface area contributed by atoms with Crippen molar-refractivity contribution in [3.05, 3.63) is 18.2 Å². The lowest BCUT2D eigenvalue weighted by Crippen LogP contribution is -2.27. The van der Waals surface area contributed by atoms with E-state index in [-0.39, 0.29) is 5.91 Å². The topological polar surface area (TPSA) is 46.9 Å². The number of rotatable bonds is 6. The Bertz CT molecular complexity index is 336. The SMILES string of the molecule is CC(C)c1nccn1CCNC(=O)CCCl. The number of halogens is 1. The zero-order valence-electron chi connectivity index (χ0n) is 9.74. The third-order valence-electron chi connectivity index (χ3n) is 2.26. The molecule has 1 rings (SSSR count). The summed E-state index contributed by atoms with van der Waals surface area (Å²) < 4.78 is 2.06. The minimum atomic E-state index is 0.00112. The second-order valence-electron chi connectivity index (χ2n) is 3.92. The van der Waals surface area contributed by atoms with Crippen molar-refractivity contribution in [2.75, 3.05) is 12.4 Å². The van der Waals surface area contributed by atoms with Crippen molar-refractivity contribution in [1.82, 2.24) is 14.9 Å². The Kier molecular flexibility index (Phi) is 5.32. The summed E-state index contributed by atoms with van der Waals surface area (Å²) in [4.78, 5) is 15.4. The monoisotopic (exact) mass is 243 g/mol. The summed E-state index contributed by atoms with van der Waals surface area (Å²) in [5, 5.41) is 2.82. The molecule has 1 amide bonds. The summed E-state index contributed by atoms with van der Waals surface area (Å²) in [7, 11) is 0. The maximum absolute atomic E-state index is 11.2. The fourth-order valence-electron chi connectivity index (χ4n) is 1.50. The van der Waals surface area contributed by atoms with E-state index in [2.05, 4.69) is 28.7 Å². The van der Waals surface area contributed by atoms with Crippen molar-refractivity contribution in [2.24, 2.45) is 0 Å². The van der Waals surface area contributed by atoms with Gasteiger partial charge in [-0.2, -0.15) is 0 Å². The smallest absolute Gasteiger partial charge is 0.221 e. The Hall–Kier alpha value is -1.03. The second-order valence-corrected chi connectivity index (χ2v) is 4.30. The molecule has 16 heavy (non-hydrogen) atoms. The summed E-state index contributed by atoms with van der Waals surface area (Å²) >= 11 is 5.47. The first-order valence-corrected chi connectivity index (χ1v) is 6.02. The molecule has 0 unspecified atom stereocenters. The molecule has 0 aromatic carbocycles. The van der Waals surface area contributed by atoms with Gasteiger partial charge in [0.25, 0.3) is 0 Å². The van der Waals surface area contributed by atoms with Gasteiger partial charge in [-0.05, 0) is 0 Å². The summed E-state index contributed by atoms with van der Waals surface area (Å²) in [6.45, 7) is 5.57. The van der Waals surface area contributed by atoms with Crippen LogP contribution in [0.3, 0.4) is 0 Å². The number of aromatic nitrogens is 2. The van der Waals surface area contributed by atoms with Gasteiger partial charge in [0.15, 0.2) is 0 Å². The third kappa shape index (κ3) is 3.85. The molecule has 0 aliphatic heterocycles. The average molecular weight is 244 g/mol. The number of amides is 1. The molecule has 1 aromatic rings. The number of carbonyl (C=O) groups excluding carboxylic acids is 1. The predicted molar refractivity (Wildman–Crippen MR) is 64.7 cm³/mol.